The van der Waals surface area contributed by atoms with Crippen molar-refractivity contribution in [3.05, 3.63) is 59.9 Å². The number of furan rings is 1. The van der Waals surface area contributed by atoms with E-state index in [0.717, 1.165) is 17.9 Å². The number of amides is 1. The van der Waals surface area contributed by atoms with Crippen LogP contribution in [-0.2, 0) is 23.9 Å². The van der Waals surface area contributed by atoms with Gasteiger partial charge in [0.1, 0.15) is 5.76 Å². The lowest BCUT2D eigenvalue weighted by Gasteiger charge is -2.34. The van der Waals surface area contributed by atoms with Crippen LogP contribution in [-0.4, -0.2) is 52.0 Å². The van der Waals surface area contributed by atoms with Gasteiger partial charge >= 0.3 is 6.18 Å². The Bertz CT molecular complexity index is 1010. The van der Waals surface area contributed by atoms with E-state index in [1.54, 1.807) is 12.3 Å². The highest BCUT2D eigenvalue weighted by atomic mass is 19.4. The van der Waals surface area contributed by atoms with Crippen LogP contribution in [0.4, 0.5) is 13.2 Å². The van der Waals surface area contributed by atoms with Gasteiger partial charge < -0.3 is 13.8 Å². The quantitative estimate of drug-likeness (QED) is 0.590. The average molecular weight is 434 g/mol. The van der Waals surface area contributed by atoms with Crippen molar-refractivity contribution >= 4 is 5.91 Å². The molecule has 1 fully saturated rings. The Hall–Kier alpha value is -3.14. The monoisotopic (exact) mass is 434 g/mol. The second-order valence-corrected chi connectivity index (χ2v) is 7.33. The van der Waals surface area contributed by atoms with E-state index >= 15 is 0 Å². The zero-order valence-corrected chi connectivity index (χ0v) is 16.6. The van der Waals surface area contributed by atoms with E-state index in [1.807, 2.05) is 11.0 Å². The highest BCUT2D eigenvalue weighted by Crippen LogP contribution is 2.31. The van der Waals surface area contributed by atoms with Crippen LogP contribution >= 0.6 is 0 Å². The molecule has 0 saturated carbocycles. The Labute approximate surface area is 176 Å². The maximum absolute atomic E-state index is 12.9. The van der Waals surface area contributed by atoms with Gasteiger partial charge in [-0.2, -0.15) is 18.2 Å². The average Bonchev–Trinajstić information content (AvgIpc) is 3.44. The van der Waals surface area contributed by atoms with Crippen LogP contribution < -0.4 is 0 Å². The first-order valence-electron chi connectivity index (χ1n) is 9.91. The molecule has 1 saturated heterocycles. The molecule has 1 amide bonds. The Morgan fingerprint density at radius 3 is 2.61 bits per heavy atom. The third-order valence-corrected chi connectivity index (χ3v) is 5.17. The van der Waals surface area contributed by atoms with Gasteiger partial charge in [-0.25, -0.2) is 0 Å². The van der Waals surface area contributed by atoms with Crippen molar-refractivity contribution in [3.63, 3.8) is 0 Å². The molecular formula is C21H21F3N4O3. The summed E-state index contributed by atoms with van der Waals surface area (Å²) in [5.41, 5.74) is -0.513. The molecule has 2 aromatic heterocycles. The van der Waals surface area contributed by atoms with Crippen molar-refractivity contribution < 1.29 is 26.9 Å². The van der Waals surface area contributed by atoms with Gasteiger partial charge in [0.15, 0.2) is 0 Å². The number of rotatable bonds is 6. The molecule has 10 heteroatoms. The van der Waals surface area contributed by atoms with E-state index in [0.29, 0.717) is 51.5 Å². The van der Waals surface area contributed by atoms with Crippen molar-refractivity contribution in [1.29, 1.82) is 0 Å². The molecule has 7 nitrogen and oxygen atoms in total. The van der Waals surface area contributed by atoms with Crippen LogP contribution in [0.2, 0.25) is 0 Å². The summed E-state index contributed by atoms with van der Waals surface area (Å²) in [6.45, 7) is 2.85. The SMILES string of the molecule is O=C(CCc1ccco1)N1CCN(Cc2nc(-c3cccc(C(F)(F)F)c3)no2)CC1. The maximum atomic E-state index is 12.9. The summed E-state index contributed by atoms with van der Waals surface area (Å²) < 4.78 is 49.2. The van der Waals surface area contributed by atoms with Crippen LogP contribution in [0.15, 0.2) is 51.6 Å². The summed E-state index contributed by atoms with van der Waals surface area (Å²) in [5.74, 6) is 1.32. The first-order valence-corrected chi connectivity index (χ1v) is 9.91. The zero-order chi connectivity index (χ0) is 21.8. The molecule has 3 aromatic rings. The maximum Gasteiger partial charge on any atom is 0.416 e. The highest BCUT2D eigenvalue weighted by Gasteiger charge is 2.31. The van der Waals surface area contributed by atoms with Gasteiger partial charge in [0.05, 0.1) is 18.4 Å². The van der Waals surface area contributed by atoms with Crippen LogP contribution in [0.5, 0.6) is 0 Å². The third kappa shape index (κ3) is 5.32. The Morgan fingerprint density at radius 2 is 1.90 bits per heavy atom. The molecule has 1 aromatic carbocycles. The van der Waals surface area contributed by atoms with Gasteiger partial charge in [-0.15, -0.1) is 0 Å². The van der Waals surface area contributed by atoms with Crippen LogP contribution in [0.3, 0.4) is 0 Å². The van der Waals surface area contributed by atoms with Gasteiger partial charge in [-0.3, -0.25) is 9.69 Å². The molecule has 0 bridgehead atoms. The van der Waals surface area contributed by atoms with Crippen LogP contribution in [0.25, 0.3) is 11.4 Å². The number of aromatic nitrogens is 2. The molecule has 0 N–H and O–H groups in total. The van der Waals surface area contributed by atoms with E-state index < -0.39 is 11.7 Å². The van der Waals surface area contributed by atoms with E-state index in [9.17, 15) is 18.0 Å². The lowest BCUT2D eigenvalue weighted by atomic mass is 10.1. The Morgan fingerprint density at radius 1 is 1.10 bits per heavy atom. The number of aryl methyl sites for hydroxylation is 1. The largest absolute Gasteiger partial charge is 0.469 e. The molecule has 0 atom stereocenters. The van der Waals surface area contributed by atoms with Gasteiger partial charge in [-0.1, -0.05) is 17.3 Å². The first-order chi connectivity index (χ1) is 14.9. The summed E-state index contributed by atoms with van der Waals surface area (Å²) in [6.07, 6.45) is -1.87. The van der Waals surface area contributed by atoms with Crippen LogP contribution in [0, 0.1) is 0 Å². The van der Waals surface area contributed by atoms with Crippen molar-refractivity contribution in [2.24, 2.45) is 0 Å². The predicted octanol–water partition coefficient (Wildman–Crippen LogP) is 3.63. The number of halogens is 3. The molecular weight excluding hydrogens is 413 g/mol. The first kappa shape index (κ1) is 21.1. The molecule has 1 aliphatic heterocycles. The van der Waals surface area contributed by atoms with E-state index in [-0.39, 0.29) is 17.3 Å². The van der Waals surface area contributed by atoms with Crippen LogP contribution in [0.1, 0.15) is 23.6 Å². The van der Waals surface area contributed by atoms with E-state index in [2.05, 4.69) is 15.0 Å². The molecule has 1 aliphatic rings. The standard InChI is InChI=1S/C21H21F3N4O3/c22-21(23,24)16-4-1-3-15(13-16)20-25-18(31-26-20)14-27-8-10-28(11-9-27)19(29)7-6-17-5-2-12-30-17/h1-5,12-13H,6-11,14H2. The lowest BCUT2D eigenvalue weighted by molar-refractivity contribution is -0.137. The molecule has 4 rings (SSSR count). The molecule has 0 radical (unpaired) electrons. The van der Waals surface area contributed by atoms with Crippen molar-refractivity contribution in [1.82, 2.24) is 19.9 Å². The second kappa shape index (κ2) is 8.93. The smallest absolute Gasteiger partial charge is 0.416 e. The van der Waals surface area contributed by atoms with Crippen molar-refractivity contribution in [2.45, 2.75) is 25.6 Å². The topological polar surface area (TPSA) is 75.6 Å². The molecule has 3 heterocycles. The fourth-order valence-corrected chi connectivity index (χ4v) is 3.46. The van der Waals surface area contributed by atoms with Gasteiger partial charge in [-0.05, 0) is 24.3 Å². The summed E-state index contributed by atoms with van der Waals surface area (Å²) in [5, 5.41) is 3.81. The van der Waals surface area contributed by atoms with E-state index in [1.165, 1.54) is 12.1 Å². The number of hydrogen-bond acceptors (Lipinski definition) is 6. The van der Waals surface area contributed by atoms with E-state index in [4.69, 9.17) is 8.94 Å². The third-order valence-electron chi connectivity index (χ3n) is 5.17. The predicted molar refractivity (Wildman–Crippen MR) is 104 cm³/mol. The minimum Gasteiger partial charge on any atom is -0.469 e. The number of hydrogen-bond donors (Lipinski definition) is 0. The number of carbonyl (C=O) groups is 1. The molecule has 31 heavy (non-hydrogen) atoms. The fraction of sp³-hybridized carbons (Fsp3) is 0.381. The number of piperazine rings is 1. The molecule has 0 aliphatic carbocycles. The number of alkyl halides is 3. The van der Waals surface area contributed by atoms with Crippen molar-refractivity contribution in [2.75, 3.05) is 26.2 Å². The number of carbonyl (C=O) groups excluding carboxylic acids is 1. The minimum absolute atomic E-state index is 0.0840. The van der Waals surface area contributed by atoms with Gasteiger partial charge in [0, 0.05) is 44.6 Å². The summed E-state index contributed by atoms with van der Waals surface area (Å²) in [7, 11) is 0. The Kier molecular flexibility index (Phi) is 6.08. The molecule has 0 unspecified atom stereocenters. The van der Waals surface area contributed by atoms with Gasteiger partial charge in [0.2, 0.25) is 17.6 Å². The molecule has 0 spiro atoms. The van der Waals surface area contributed by atoms with Gasteiger partial charge in [0.25, 0.3) is 0 Å². The highest BCUT2D eigenvalue weighted by molar-refractivity contribution is 5.76. The van der Waals surface area contributed by atoms with Crippen molar-refractivity contribution in [3.8, 4) is 11.4 Å². The molecule has 164 valence electrons. The minimum atomic E-state index is -4.43. The summed E-state index contributed by atoms with van der Waals surface area (Å²) in [4.78, 5) is 20.5. The zero-order valence-electron chi connectivity index (χ0n) is 16.6. The number of benzene rings is 1. The second-order valence-electron chi connectivity index (χ2n) is 7.33. The summed E-state index contributed by atoms with van der Waals surface area (Å²) >= 11 is 0. The normalized spacial score (nSPS) is 15.4. The lowest BCUT2D eigenvalue weighted by Crippen LogP contribution is -2.48. The fourth-order valence-electron chi connectivity index (χ4n) is 3.46. The Balaban J connectivity index is 1.29. The summed E-state index contributed by atoms with van der Waals surface area (Å²) in [6, 6.07) is 8.48. The number of nitrogens with zero attached hydrogens (tertiary/aromatic N) is 4.